The molecule has 0 bridgehead atoms. The van der Waals surface area contributed by atoms with Crippen LogP contribution in [0.25, 0.3) is 0 Å². The van der Waals surface area contributed by atoms with E-state index in [2.05, 4.69) is 9.47 Å². The summed E-state index contributed by atoms with van der Waals surface area (Å²) < 4.78 is 13.8. The minimum absolute atomic E-state index is 0.164. The summed E-state index contributed by atoms with van der Waals surface area (Å²) in [5, 5.41) is 0. The molecule has 110 valence electrons. The average Bonchev–Trinajstić information content (AvgIpc) is 2.42. The van der Waals surface area contributed by atoms with E-state index in [4.69, 9.17) is 4.74 Å². The molecule has 0 fully saturated rings. The fourth-order valence-corrected chi connectivity index (χ4v) is 1.85. The number of methoxy groups -OCH3 is 3. The number of amides is 1. The molecule has 0 aliphatic heterocycles. The highest BCUT2D eigenvalue weighted by Gasteiger charge is 2.20. The van der Waals surface area contributed by atoms with E-state index in [1.807, 2.05) is 0 Å². The van der Waals surface area contributed by atoms with Crippen LogP contribution in [-0.2, 0) is 28.6 Å². The largest absolute Gasteiger partial charge is 0.468 e. The molecule has 0 rings (SSSR count). The summed E-state index contributed by atoms with van der Waals surface area (Å²) in [5.74, 6) is -0.667. The summed E-state index contributed by atoms with van der Waals surface area (Å²) in [5.41, 5.74) is 0. The fourth-order valence-electron chi connectivity index (χ4n) is 1.07. The van der Waals surface area contributed by atoms with E-state index in [0.717, 1.165) is 4.90 Å². The quantitative estimate of drug-likeness (QED) is 0.420. The van der Waals surface area contributed by atoms with Crippen molar-refractivity contribution in [3.8, 4) is 0 Å². The van der Waals surface area contributed by atoms with E-state index in [9.17, 15) is 14.4 Å². The number of carbonyl (C=O) groups excluding carboxylic acids is 3. The van der Waals surface area contributed by atoms with Gasteiger partial charge in [-0.1, -0.05) is 0 Å². The van der Waals surface area contributed by atoms with Gasteiger partial charge in [-0.25, -0.2) is 0 Å². The van der Waals surface area contributed by atoms with Crippen molar-refractivity contribution in [1.82, 2.24) is 4.90 Å². The van der Waals surface area contributed by atoms with Crippen molar-refractivity contribution in [2.45, 2.75) is 0 Å². The minimum Gasteiger partial charge on any atom is -0.468 e. The molecule has 0 aromatic rings. The highest BCUT2D eigenvalue weighted by atomic mass is 32.2. The molecular formula is C11H19NO6S. The van der Waals surface area contributed by atoms with Crippen LogP contribution >= 0.6 is 11.8 Å². The van der Waals surface area contributed by atoms with Crippen LogP contribution in [0.3, 0.4) is 0 Å². The third kappa shape index (κ3) is 8.44. The molecule has 0 aliphatic rings. The van der Waals surface area contributed by atoms with Gasteiger partial charge in [-0.3, -0.25) is 14.4 Å². The standard InChI is InChI=1S/C11H19NO6S/c1-16-4-5-19-8-9(13)12(6-10(14)17-2)7-11(15)18-3/h4-8H2,1-3H3. The second-order valence-electron chi connectivity index (χ2n) is 3.45. The summed E-state index contributed by atoms with van der Waals surface area (Å²) in [4.78, 5) is 35.3. The molecule has 7 nitrogen and oxygen atoms in total. The van der Waals surface area contributed by atoms with Crippen molar-refractivity contribution in [3.63, 3.8) is 0 Å². The lowest BCUT2D eigenvalue weighted by Gasteiger charge is -2.19. The van der Waals surface area contributed by atoms with E-state index in [0.29, 0.717) is 12.4 Å². The van der Waals surface area contributed by atoms with Gasteiger partial charge < -0.3 is 19.1 Å². The normalized spacial score (nSPS) is 9.84. The molecule has 0 aliphatic carbocycles. The van der Waals surface area contributed by atoms with Crippen molar-refractivity contribution in [2.75, 3.05) is 52.5 Å². The number of rotatable bonds is 9. The summed E-state index contributed by atoms with van der Waals surface area (Å²) in [6.07, 6.45) is 0. The van der Waals surface area contributed by atoms with E-state index in [1.165, 1.54) is 26.0 Å². The summed E-state index contributed by atoms with van der Waals surface area (Å²) in [7, 11) is 4.01. The molecule has 0 aromatic heterocycles. The van der Waals surface area contributed by atoms with Crippen LogP contribution in [0.2, 0.25) is 0 Å². The molecule has 19 heavy (non-hydrogen) atoms. The maximum absolute atomic E-state index is 11.9. The van der Waals surface area contributed by atoms with Gasteiger partial charge in [0.25, 0.3) is 0 Å². The van der Waals surface area contributed by atoms with Gasteiger partial charge in [-0.2, -0.15) is 0 Å². The zero-order valence-corrected chi connectivity index (χ0v) is 12.2. The number of thioether (sulfide) groups is 1. The van der Waals surface area contributed by atoms with Crippen molar-refractivity contribution in [1.29, 1.82) is 0 Å². The first kappa shape index (κ1) is 17.7. The second kappa shape index (κ2) is 10.6. The van der Waals surface area contributed by atoms with Gasteiger partial charge in [0.2, 0.25) is 5.91 Å². The number of hydrogen-bond donors (Lipinski definition) is 0. The maximum Gasteiger partial charge on any atom is 0.325 e. The molecular weight excluding hydrogens is 274 g/mol. The SMILES string of the molecule is COCCSCC(=O)N(CC(=O)OC)CC(=O)OC. The Morgan fingerprint density at radius 3 is 1.95 bits per heavy atom. The van der Waals surface area contributed by atoms with Gasteiger partial charge in [0.05, 0.1) is 26.6 Å². The van der Waals surface area contributed by atoms with Crippen LogP contribution in [0.1, 0.15) is 0 Å². The van der Waals surface area contributed by atoms with Gasteiger partial charge in [-0.15, -0.1) is 11.8 Å². The molecule has 0 spiro atoms. The van der Waals surface area contributed by atoms with E-state index >= 15 is 0 Å². The number of nitrogens with zero attached hydrogens (tertiary/aromatic N) is 1. The summed E-state index contributed by atoms with van der Waals surface area (Å²) in [6, 6.07) is 0. The topological polar surface area (TPSA) is 82.1 Å². The smallest absolute Gasteiger partial charge is 0.325 e. The molecule has 0 radical (unpaired) electrons. The molecule has 8 heteroatoms. The zero-order valence-electron chi connectivity index (χ0n) is 11.3. The maximum atomic E-state index is 11.9. The van der Waals surface area contributed by atoms with Crippen LogP contribution in [0, 0.1) is 0 Å². The first-order chi connectivity index (χ1) is 9.04. The summed E-state index contributed by atoms with van der Waals surface area (Å²) >= 11 is 1.36. The van der Waals surface area contributed by atoms with E-state index in [-0.39, 0.29) is 24.7 Å². The van der Waals surface area contributed by atoms with Gasteiger partial charge in [0.15, 0.2) is 0 Å². The molecule has 0 aromatic carbocycles. The lowest BCUT2D eigenvalue weighted by molar-refractivity contribution is -0.151. The Balaban J connectivity index is 4.32. The van der Waals surface area contributed by atoms with Gasteiger partial charge in [-0.05, 0) is 0 Å². The van der Waals surface area contributed by atoms with Gasteiger partial charge >= 0.3 is 11.9 Å². The Labute approximate surface area is 116 Å². The van der Waals surface area contributed by atoms with Crippen molar-refractivity contribution in [3.05, 3.63) is 0 Å². The Hall–Kier alpha value is -1.28. The first-order valence-electron chi connectivity index (χ1n) is 5.53. The Bertz CT molecular complexity index is 292. The highest BCUT2D eigenvalue weighted by molar-refractivity contribution is 7.99. The molecule has 0 saturated carbocycles. The molecule has 1 amide bonds. The van der Waals surface area contributed by atoms with E-state index in [1.54, 1.807) is 7.11 Å². The van der Waals surface area contributed by atoms with Crippen LogP contribution in [0.4, 0.5) is 0 Å². The van der Waals surface area contributed by atoms with Crippen LogP contribution in [0.5, 0.6) is 0 Å². The molecule has 0 unspecified atom stereocenters. The monoisotopic (exact) mass is 293 g/mol. The van der Waals surface area contributed by atoms with Crippen molar-refractivity contribution in [2.24, 2.45) is 0 Å². The molecule has 0 heterocycles. The minimum atomic E-state index is -0.584. The zero-order chi connectivity index (χ0) is 14.7. The van der Waals surface area contributed by atoms with Gasteiger partial charge in [0.1, 0.15) is 13.1 Å². The Kier molecular flexibility index (Phi) is 9.91. The van der Waals surface area contributed by atoms with Crippen LogP contribution in [-0.4, -0.2) is 75.3 Å². The molecule has 0 atom stereocenters. The summed E-state index contributed by atoms with van der Waals surface area (Å²) in [6.45, 7) is -0.00348. The van der Waals surface area contributed by atoms with Crippen molar-refractivity contribution >= 4 is 29.6 Å². The third-order valence-electron chi connectivity index (χ3n) is 2.11. The lowest BCUT2D eigenvalue weighted by atomic mass is 10.4. The fraction of sp³-hybridized carbons (Fsp3) is 0.727. The van der Waals surface area contributed by atoms with Crippen molar-refractivity contribution < 1.29 is 28.6 Å². The van der Waals surface area contributed by atoms with Crippen LogP contribution < -0.4 is 0 Å². The predicted octanol–water partition coefficient (Wildman–Crippen LogP) is -0.459. The highest BCUT2D eigenvalue weighted by Crippen LogP contribution is 2.03. The molecule has 0 saturated heterocycles. The lowest BCUT2D eigenvalue weighted by Crippen LogP contribution is -2.41. The Morgan fingerprint density at radius 1 is 1.00 bits per heavy atom. The number of hydrogen-bond acceptors (Lipinski definition) is 7. The van der Waals surface area contributed by atoms with Gasteiger partial charge in [0, 0.05) is 12.9 Å². The predicted molar refractivity (Wildman–Crippen MR) is 69.8 cm³/mol. The molecule has 0 N–H and O–H groups in total. The Morgan fingerprint density at radius 2 is 1.53 bits per heavy atom. The average molecular weight is 293 g/mol. The van der Waals surface area contributed by atoms with E-state index < -0.39 is 11.9 Å². The first-order valence-corrected chi connectivity index (χ1v) is 6.68. The third-order valence-corrected chi connectivity index (χ3v) is 3.01. The number of ether oxygens (including phenoxy) is 3. The number of esters is 2. The second-order valence-corrected chi connectivity index (χ2v) is 4.55. The van der Waals surface area contributed by atoms with Crippen LogP contribution in [0.15, 0.2) is 0 Å². The number of carbonyl (C=O) groups is 3.